The largest absolute Gasteiger partial charge is 0.338 e. The molecule has 1 N–H and O–H groups in total. The van der Waals surface area contributed by atoms with Crippen molar-refractivity contribution in [2.24, 2.45) is 0 Å². The van der Waals surface area contributed by atoms with Gasteiger partial charge in [0.15, 0.2) is 5.13 Å². The Morgan fingerprint density at radius 1 is 1.36 bits per heavy atom. The van der Waals surface area contributed by atoms with Crippen LogP contribution in [0.3, 0.4) is 0 Å². The molecule has 0 atom stereocenters. The zero-order valence-corrected chi connectivity index (χ0v) is 15.9. The molecule has 0 unspecified atom stereocenters. The SMILES string of the molecule is O=C1NCCCN1c1nc(CC(=O)N2CCc3ccc(Br)cc32)cs1. The summed E-state index contributed by atoms with van der Waals surface area (Å²) in [5.74, 6) is 0.0387. The van der Waals surface area contributed by atoms with Crippen LogP contribution < -0.4 is 15.1 Å². The van der Waals surface area contributed by atoms with Crippen molar-refractivity contribution in [3.05, 3.63) is 39.3 Å². The molecule has 0 bridgehead atoms. The Bertz CT molecular complexity index is 838. The van der Waals surface area contributed by atoms with Crippen LogP contribution in [0.25, 0.3) is 0 Å². The lowest BCUT2D eigenvalue weighted by Gasteiger charge is -2.24. The molecule has 2 aliphatic rings. The average molecular weight is 421 g/mol. The number of hydrogen-bond acceptors (Lipinski definition) is 4. The van der Waals surface area contributed by atoms with Crippen LogP contribution in [-0.4, -0.2) is 36.6 Å². The number of fused-ring (bicyclic) bond motifs is 1. The molecule has 1 aromatic carbocycles. The minimum atomic E-state index is -0.114. The van der Waals surface area contributed by atoms with Crippen molar-refractivity contribution < 1.29 is 9.59 Å². The second-order valence-electron chi connectivity index (χ2n) is 6.10. The number of halogens is 1. The van der Waals surface area contributed by atoms with Gasteiger partial charge in [0.25, 0.3) is 0 Å². The van der Waals surface area contributed by atoms with Crippen LogP contribution in [0.5, 0.6) is 0 Å². The Morgan fingerprint density at radius 2 is 2.24 bits per heavy atom. The molecule has 8 heteroatoms. The molecule has 1 saturated heterocycles. The fourth-order valence-corrected chi connectivity index (χ4v) is 4.37. The van der Waals surface area contributed by atoms with Gasteiger partial charge in [0.2, 0.25) is 5.91 Å². The standard InChI is InChI=1S/C17H17BrN4O2S/c18-12-3-2-11-4-7-21(14(11)8-12)15(23)9-13-10-25-17(20-13)22-6-1-5-19-16(22)24/h2-3,8,10H,1,4-7,9H2,(H,19,24). The highest BCUT2D eigenvalue weighted by Crippen LogP contribution is 2.31. The quantitative estimate of drug-likeness (QED) is 0.829. The zero-order chi connectivity index (χ0) is 17.4. The summed E-state index contributed by atoms with van der Waals surface area (Å²) in [5.41, 5.74) is 2.89. The molecule has 4 rings (SSSR count). The minimum absolute atomic E-state index is 0.0387. The topological polar surface area (TPSA) is 65.5 Å². The van der Waals surface area contributed by atoms with Gasteiger partial charge in [-0.3, -0.25) is 9.69 Å². The first-order valence-electron chi connectivity index (χ1n) is 8.20. The number of nitrogens with zero attached hydrogens (tertiary/aromatic N) is 3. The van der Waals surface area contributed by atoms with Crippen LogP contribution in [0, 0.1) is 0 Å². The third kappa shape index (κ3) is 3.28. The number of aromatic nitrogens is 1. The molecule has 130 valence electrons. The van der Waals surface area contributed by atoms with E-state index in [0.717, 1.165) is 23.0 Å². The number of nitrogens with one attached hydrogen (secondary N) is 1. The van der Waals surface area contributed by atoms with E-state index in [1.807, 2.05) is 22.4 Å². The highest BCUT2D eigenvalue weighted by Gasteiger charge is 2.26. The van der Waals surface area contributed by atoms with Crippen LogP contribution >= 0.6 is 27.3 Å². The van der Waals surface area contributed by atoms with Crippen LogP contribution in [0.4, 0.5) is 15.6 Å². The number of thiazole rings is 1. The molecule has 1 aromatic heterocycles. The summed E-state index contributed by atoms with van der Waals surface area (Å²) >= 11 is 4.88. The number of carbonyl (C=O) groups is 2. The molecule has 0 saturated carbocycles. The monoisotopic (exact) mass is 420 g/mol. The molecule has 0 spiro atoms. The summed E-state index contributed by atoms with van der Waals surface area (Å²) in [7, 11) is 0. The van der Waals surface area contributed by atoms with Gasteiger partial charge < -0.3 is 10.2 Å². The Kier molecular flexibility index (Phi) is 4.47. The molecule has 25 heavy (non-hydrogen) atoms. The van der Waals surface area contributed by atoms with Crippen molar-refractivity contribution >= 4 is 50.0 Å². The van der Waals surface area contributed by atoms with E-state index >= 15 is 0 Å². The van der Waals surface area contributed by atoms with E-state index in [-0.39, 0.29) is 18.4 Å². The van der Waals surface area contributed by atoms with Crippen molar-refractivity contribution in [2.75, 3.05) is 29.4 Å². The summed E-state index contributed by atoms with van der Waals surface area (Å²) in [4.78, 5) is 32.6. The Balaban J connectivity index is 1.48. The lowest BCUT2D eigenvalue weighted by Crippen LogP contribution is -2.46. The molecule has 1 fully saturated rings. The zero-order valence-electron chi connectivity index (χ0n) is 13.5. The van der Waals surface area contributed by atoms with Crippen LogP contribution in [0.15, 0.2) is 28.1 Å². The predicted molar refractivity (Wildman–Crippen MR) is 101 cm³/mol. The second-order valence-corrected chi connectivity index (χ2v) is 7.86. The highest BCUT2D eigenvalue weighted by atomic mass is 79.9. The number of amides is 3. The van der Waals surface area contributed by atoms with Gasteiger partial charge in [-0.15, -0.1) is 11.3 Å². The van der Waals surface area contributed by atoms with Gasteiger partial charge >= 0.3 is 6.03 Å². The van der Waals surface area contributed by atoms with Gasteiger partial charge in [0.1, 0.15) is 0 Å². The number of hydrogen-bond donors (Lipinski definition) is 1. The molecule has 2 aromatic rings. The van der Waals surface area contributed by atoms with Gasteiger partial charge in [0, 0.05) is 35.2 Å². The normalized spacial score (nSPS) is 16.8. The van der Waals surface area contributed by atoms with Gasteiger partial charge in [-0.25, -0.2) is 9.78 Å². The molecule has 3 amide bonds. The minimum Gasteiger partial charge on any atom is -0.338 e. The lowest BCUT2D eigenvalue weighted by molar-refractivity contribution is -0.117. The summed E-state index contributed by atoms with van der Waals surface area (Å²) < 4.78 is 0.970. The third-order valence-electron chi connectivity index (χ3n) is 4.43. The fourth-order valence-electron chi connectivity index (χ4n) is 3.18. The Labute approximate surface area is 158 Å². The smallest absolute Gasteiger partial charge is 0.323 e. The number of carbonyl (C=O) groups excluding carboxylic acids is 2. The number of rotatable bonds is 3. The predicted octanol–water partition coefficient (Wildman–Crippen LogP) is 2.96. The Hall–Kier alpha value is -1.93. The van der Waals surface area contributed by atoms with E-state index in [9.17, 15) is 9.59 Å². The maximum atomic E-state index is 12.7. The molecule has 0 radical (unpaired) electrons. The van der Waals surface area contributed by atoms with Crippen LogP contribution in [0.2, 0.25) is 0 Å². The highest BCUT2D eigenvalue weighted by molar-refractivity contribution is 9.10. The number of benzene rings is 1. The number of urea groups is 1. The Morgan fingerprint density at radius 3 is 3.08 bits per heavy atom. The van der Waals surface area contributed by atoms with Crippen LogP contribution in [-0.2, 0) is 17.6 Å². The van der Waals surface area contributed by atoms with Gasteiger partial charge in [-0.05, 0) is 30.5 Å². The summed E-state index contributed by atoms with van der Waals surface area (Å²) in [6, 6.07) is 5.94. The third-order valence-corrected chi connectivity index (χ3v) is 5.83. The van der Waals surface area contributed by atoms with E-state index in [1.165, 1.54) is 16.9 Å². The summed E-state index contributed by atoms with van der Waals surface area (Å²) in [6.07, 6.45) is 2.03. The number of anilines is 2. The summed E-state index contributed by atoms with van der Waals surface area (Å²) in [5, 5.41) is 5.34. The fraction of sp³-hybridized carbons (Fsp3) is 0.353. The van der Waals surface area contributed by atoms with E-state index in [0.29, 0.717) is 30.5 Å². The van der Waals surface area contributed by atoms with Crippen molar-refractivity contribution in [1.29, 1.82) is 0 Å². The van der Waals surface area contributed by atoms with Crippen molar-refractivity contribution in [3.63, 3.8) is 0 Å². The van der Waals surface area contributed by atoms with Gasteiger partial charge in [0.05, 0.1) is 12.1 Å². The van der Waals surface area contributed by atoms with Gasteiger partial charge in [-0.2, -0.15) is 0 Å². The lowest BCUT2D eigenvalue weighted by atomic mass is 10.2. The van der Waals surface area contributed by atoms with Gasteiger partial charge in [-0.1, -0.05) is 22.0 Å². The molecule has 2 aliphatic heterocycles. The first-order chi connectivity index (χ1) is 12.1. The van der Waals surface area contributed by atoms with Crippen molar-refractivity contribution in [1.82, 2.24) is 10.3 Å². The van der Waals surface area contributed by atoms with Crippen molar-refractivity contribution in [3.8, 4) is 0 Å². The maximum absolute atomic E-state index is 12.7. The van der Waals surface area contributed by atoms with E-state index in [2.05, 4.69) is 32.3 Å². The molecule has 6 nitrogen and oxygen atoms in total. The van der Waals surface area contributed by atoms with E-state index in [4.69, 9.17) is 0 Å². The average Bonchev–Trinajstić information content (AvgIpc) is 3.21. The van der Waals surface area contributed by atoms with E-state index < -0.39 is 0 Å². The molecular formula is C17H17BrN4O2S. The van der Waals surface area contributed by atoms with Crippen molar-refractivity contribution in [2.45, 2.75) is 19.3 Å². The molecular weight excluding hydrogens is 404 g/mol. The van der Waals surface area contributed by atoms with E-state index in [1.54, 1.807) is 4.90 Å². The first kappa shape index (κ1) is 16.5. The second kappa shape index (κ2) is 6.76. The molecule has 0 aliphatic carbocycles. The maximum Gasteiger partial charge on any atom is 0.323 e. The molecule has 3 heterocycles. The van der Waals surface area contributed by atoms with Crippen LogP contribution in [0.1, 0.15) is 17.7 Å². The first-order valence-corrected chi connectivity index (χ1v) is 9.87. The summed E-state index contributed by atoms with van der Waals surface area (Å²) in [6.45, 7) is 2.08.